The first-order valence-corrected chi connectivity index (χ1v) is 3.67. The van der Waals surface area contributed by atoms with Crippen molar-refractivity contribution in [2.75, 3.05) is 6.61 Å². The van der Waals surface area contributed by atoms with E-state index in [1.807, 2.05) is 0 Å². The van der Waals surface area contributed by atoms with Crippen molar-refractivity contribution >= 4 is 5.91 Å². The first kappa shape index (κ1) is 9.31. The normalized spacial score (nSPS) is 9.62. The van der Waals surface area contributed by atoms with Gasteiger partial charge in [0.25, 0.3) is 5.91 Å². The Bertz CT molecular complexity index is 305. The number of ether oxygens (including phenoxy) is 1. The lowest BCUT2D eigenvalue weighted by atomic mass is 10.3. The molecule has 0 saturated carbocycles. The molecule has 0 aromatic carbocycles. The number of aromatic hydroxyl groups is 1. The van der Waals surface area contributed by atoms with Crippen LogP contribution in [0, 0.1) is 6.92 Å². The van der Waals surface area contributed by atoms with Gasteiger partial charge in [0.15, 0.2) is 18.1 Å². The molecule has 13 heavy (non-hydrogen) atoms. The highest BCUT2D eigenvalue weighted by Crippen LogP contribution is 2.27. The second-order valence-corrected chi connectivity index (χ2v) is 2.50. The summed E-state index contributed by atoms with van der Waals surface area (Å²) in [7, 11) is 0. The van der Waals surface area contributed by atoms with Crippen molar-refractivity contribution in [3.63, 3.8) is 0 Å². The maximum atomic E-state index is 10.4. The molecule has 0 aliphatic heterocycles. The molecule has 0 bridgehead atoms. The molecule has 3 N–H and O–H groups in total. The summed E-state index contributed by atoms with van der Waals surface area (Å²) in [5.74, 6) is -0.447. The number of aryl methyl sites for hydroxylation is 1. The molecule has 1 aromatic rings. The number of carbonyl (C=O) groups excluding carboxylic acids is 1. The molecule has 0 saturated heterocycles. The third kappa shape index (κ3) is 2.33. The van der Waals surface area contributed by atoms with Crippen LogP contribution >= 0.6 is 0 Å². The fourth-order valence-electron chi connectivity index (χ4n) is 0.861. The Morgan fingerprint density at radius 1 is 1.77 bits per heavy atom. The van der Waals surface area contributed by atoms with E-state index in [9.17, 15) is 9.90 Å². The summed E-state index contributed by atoms with van der Waals surface area (Å²) in [4.78, 5) is 14.3. The molecule has 0 unspecified atom stereocenters. The van der Waals surface area contributed by atoms with Gasteiger partial charge in [-0.05, 0) is 6.92 Å². The van der Waals surface area contributed by atoms with E-state index < -0.39 is 5.91 Å². The zero-order chi connectivity index (χ0) is 9.84. The van der Waals surface area contributed by atoms with Crippen LogP contribution in [0.2, 0.25) is 0 Å². The Morgan fingerprint density at radius 2 is 2.46 bits per heavy atom. The predicted molar refractivity (Wildman–Crippen MR) is 45.3 cm³/mol. The van der Waals surface area contributed by atoms with Crippen molar-refractivity contribution in [2.24, 2.45) is 5.73 Å². The number of nitrogens with two attached hydrogens (primary N) is 1. The van der Waals surface area contributed by atoms with Crippen LogP contribution in [0.1, 0.15) is 5.69 Å². The number of hydrogen-bond acceptors (Lipinski definition) is 4. The Labute approximate surface area is 75.2 Å². The zero-order valence-electron chi connectivity index (χ0n) is 7.15. The van der Waals surface area contributed by atoms with Gasteiger partial charge in [-0.15, -0.1) is 0 Å². The molecule has 1 amide bonds. The van der Waals surface area contributed by atoms with Crippen LogP contribution in [-0.2, 0) is 4.79 Å². The molecule has 70 valence electrons. The van der Waals surface area contributed by atoms with Crippen LogP contribution in [0.5, 0.6) is 11.5 Å². The lowest BCUT2D eigenvalue weighted by Gasteiger charge is -2.07. The first-order chi connectivity index (χ1) is 6.11. The van der Waals surface area contributed by atoms with Gasteiger partial charge in [-0.2, -0.15) is 0 Å². The molecule has 0 spiro atoms. The monoisotopic (exact) mass is 182 g/mol. The SMILES string of the molecule is Cc1nccc(O)c1OCC(N)=O. The number of nitrogens with zero attached hydrogens (tertiary/aromatic N) is 1. The van der Waals surface area contributed by atoms with Crippen LogP contribution in [0.3, 0.4) is 0 Å². The van der Waals surface area contributed by atoms with Crippen molar-refractivity contribution < 1.29 is 14.6 Å². The van der Waals surface area contributed by atoms with Crippen LogP contribution in [0.4, 0.5) is 0 Å². The summed E-state index contributed by atoms with van der Waals surface area (Å²) in [5, 5.41) is 9.29. The molecule has 1 aromatic heterocycles. The second kappa shape index (κ2) is 3.75. The minimum Gasteiger partial charge on any atom is -0.504 e. The van der Waals surface area contributed by atoms with E-state index in [1.165, 1.54) is 12.3 Å². The number of rotatable bonds is 3. The highest BCUT2D eigenvalue weighted by Gasteiger charge is 2.07. The standard InChI is InChI=1S/C8H10N2O3/c1-5-8(13-4-7(9)12)6(11)2-3-10-5/h2-3H,4H2,1H3,(H2,9,12)(H,10,11). The van der Waals surface area contributed by atoms with Gasteiger partial charge in [0.2, 0.25) is 0 Å². The number of pyridine rings is 1. The number of amides is 1. The van der Waals surface area contributed by atoms with Crippen LogP contribution in [0.15, 0.2) is 12.3 Å². The maximum absolute atomic E-state index is 10.4. The summed E-state index contributed by atoms with van der Waals surface area (Å²) >= 11 is 0. The zero-order valence-corrected chi connectivity index (χ0v) is 7.15. The minimum absolute atomic E-state index is 0.0475. The molecule has 1 rings (SSSR count). The van der Waals surface area contributed by atoms with Crippen molar-refractivity contribution in [1.82, 2.24) is 4.98 Å². The van der Waals surface area contributed by atoms with Gasteiger partial charge >= 0.3 is 0 Å². The van der Waals surface area contributed by atoms with Crippen LogP contribution < -0.4 is 10.5 Å². The van der Waals surface area contributed by atoms with E-state index in [2.05, 4.69) is 4.98 Å². The van der Waals surface area contributed by atoms with Gasteiger partial charge in [-0.25, -0.2) is 0 Å². The van der Waals surface area contributed by atoms with E-state index in [0.717, 1.165) is 0 Å². The van der Waals surface area contributed by atoms with Gasteiger partial charge < -0.3 is 15.6 Å². The molecular formula is C8H10N2O3. The first-order valence-electron chi connectivity index (χ1n) is 3.67. The Balaban J connectivity index is 2.81. The molecule has 0 fully saturated rings. The Morgan fingerprint density at radius 3 is 3.00 bits per heavy atom. The fraction of sp³-hybridized carbons (Fsp3) is 0.250. The van der Waals surface area contributed by atoms with Crippen molar-refractivity contribution in [3.05, 3.63) is 18.0 Å². The smallest absolute Gasteiger partial charge is 0.255 e. The number of aromatic nitrogens is 1. The average Bonchev–Trinajstić information content (AvgIpc) is 2.03. The van der Waals surface area contributed by atoms with E-state index in [4.69, 9.17) is 10.5 Å². The Kier molecular flexibility index (Phi) is 2.69. The molecule has 0 aliphatic carbocycles. The minimum atomic E-state index is -0.595. The molecule has 1 heterocycles. The van der Waals surface area contributed by atoms with Crippen molar-refractivity contribution in [2.45, 2.75) is 6.92 Å². The Hall–Kier alpha value is -1.78. The van der Waals surface area contributed by atoms with Gasteiger partial charge in [0.05, 0.1) is 5.69 Å². The lowest BCUT2D eigenvalue weighted by molar-refractivity contribution is -0.119. The van der Waals surface area contributed by atoms with Crippen LogP contribution in [-0.4, -0.2) is 22.6 Å². The maximum Gasteiger partial charge on any atom is 0.255 e. The molecule has 0 aliphatic rings. The average molecular weight is 182 g/mol. The van der Waals surface area contributed by atoms with Gasteiger partial charge in [0, 0.05) is 12.3 Å². The third-order valence-electron chi connectivity index (χ3n) is 1.42. The summed E-state index contributed by atoms with van der Waals surface area (Å²) in [6.07, 6.45) is 1.45. The summed E-state index contributed by atoms with van der Waals surface area (Å²) in [5.41, 5.74) is 5.39. The number of carbonyl (C=O) groups is 1. The van der Waals surface area contributed by atoms with E-state index in [-0.39, 0.29) is 18.1 Å². The highest BCUT2D eigenvalue weighted by atomic mass is 16.5. The quantitative estimate of drug-likeness (QED) is 0.686. The number of primary amides is 1. The third-order valence-corrected chi connectivity index (χ3v) is 1.42. The molecule has 5 heteroatoms. The van der Waals surface area contributed by atoms with E-state index in [0.29, 0.717) is 5.69 Å². The van der Waals surface area contributed by atoms with Gasteiger partial charge in [-0.1, -0.05) is 0 Å². The second-order valence-electron chi connectivity index (χ2n) is 2.50. The molecule has 0 atom stereocenters. The lowest BCUT2D eigenvalue weighted by Crippen LogP contribution is -2.20. The van der Waals surface area contributed by atoms with E-state index >= 15 is 0 Å². The summed E-state index contributed by atoms with van der Waals surface area (Å²) < 4.78 is 4.94. The highest BCUT2D eigenvalue weighted by molar-refractivity contribution is 5.75. The summed E-state index contributed by atoms with van der Waals surface area (Å²) in [6, 6.07) is 1.38. The van der Waals surface area contributed by atoms with Gasteiger partial charge in [0.1, 0.15) is 0 Å². The van der Waals surface area contributed by atoms with Crippen molar-refractivity contribution in [3.8, 4) is 11.5 Å². The molecular weight excluding hydrogens is 172 g/mol. The van der Waals surface area contributed by atoms with Gasteiger partial charge in [-0.3, -0.25) is 9.78 Å². The molecule has 0 radical (unpaired) electrons. The number of hydrogen-bond donors (Lipinski definition) is 2. The topological polar surface area (TPSA) is 85.4 Å². The van der Waals surface area contributed by atoms with Crippen LogP contribution in [0.25, 0.3) is 0 Å². The summed E-state index contributed by atoms with van der Waals surface area (Å²) in [6.45, 7) is 1.40. The fourth-order valence-corrected chi connectivity index (χ4v) is 0.861. The molecule has 5 nitrogen and oxygen atoms in total. The van der Waals surface area contributed by atoms with Crippen molar-refractivity contribution in [1.29, 1.82) is 0 Å². The van der Waals surface area contributed by atoms with E-state index in [1.54, 1.807) is 6.92 Å². The predicted octanol–water partition coefficient (Wildman–Crippen LogP) is -0.0403. The largest absolute Gasteiger partial charge is 0.504 e.